The van der Waals surface area contributed by atoms with E-state index in [1.807, 2.05) is 7.05 Å². The first-order chi connectivity index (χ1) is 12.3. The third-order valence-electron chi connectivity index (χ3n) is 5.21. The normalized spacial score (nSPS) is 24.0. The highest BCUT2D eigenvalue weighted by molar-refractivity contribution is 6.39. The molecule has 0 radical (unpaired) electrons. The second-order valence-electron chi connectivity index (χ2n) is 7.40. The van der Waals surface area contributed by atoms with Gasteiger partial charge in [-0.15, -0.1) is 0 Å². The molecule has 0 aromatic heterocycles. The highest BCUT2D eigenvalue weighted by Crippen LogP contribution is 2.30. The minimum atomic E-state index is -0.232. The molecule has 0 bridgehead atoms. The van der Waals surface area contributed by atoms with Crippen LogP contribution in [0.5, 0.6) is 0 Å². The molecule has 0 heterocycles. The van der Waals surface area contributed by atoms with Crippen LogP contribution in [-0.2, 0) is 9.59 Å². The van der Waals surface area contributed by atoms with Gasteiger partial charge in [-0.25, -0.2) is 0 Å². The Balaban J connectivity index is 1.81. The van der Waals surface area contributed by atoms with Gasteiger partial charge in [-0.2, -0.15) is 0 Å². The molecule has 1 aromatic rings. The largest absolute Gasteiger partial charge is 0.348 e. The van der Waals surface area contributed by atoms with E-state index < -0.39 is 0 Å². The average Bonchev–Trinajstić information content (AvgIpc) is 2.55. The smallest absolute Gasteiger partial charge is 0.279 e. The molecular formula is C19H28Cl2N3O2+. The Morgan fingerprint density at radius 2 is 1.73 bits per heavy atom. The maximum absolute atomic E-state index is 12.3. The average molecular weight is 401 g/mol. The van der Waals surface area contributed by atoms with Gasteiger partial charge in [0.15, 0.2) is 13.1 Å². The van der Waals surface area contributed by atoms with Crippen molar-refractivity contribution in [2.75, 3.05) is 25.5 Å². The molecular weight excluding hydrogens is 373 g/mol. The number of nitrogens with one attached hydrogen (secondary N) is 3. The third kappa shape index (κ3) is 5.86. The van der Waals surface area contributed by atoms with Crippen LogP contribution in [0.3, 0.4) is 0 Å². The molecule has 144 valence electrons. The lowest BCUT2D eigenvalue weighted by Gasteiger charge is -2.34. The van der Waals surface area contributed by atoms with Gasteiger partial charge in [0.25, 0.3) is 11.8 Å². The van der Waals surface area contributed by atoms with Crippen LogP contribution in [0.15, 0.2) is 18.2 Å². The highest BCUT2D eigenvalue weighted by Gasteiger charge is 2.28. The van der Waals surface area contributed by atoms with E-state index in [-0.39, 0.29) is 30.9 Å². The maximum Gasteiger partial charge on any atom is 0.279 e. The zero-order chi connectivity index (χ0) is 19.3. The topological polar surface area (TPSA) is 62.6 Å². The molecule has 3 N–H and O–H groups in total. The molecule has 1 unspecified atom stereocenters. The maximum atomic E-state index is 12.3. The molecule has 1 saturated carbocycles. The number of anilines is 1. The van der Waals surface area contributed by atoms with Crippen molar-refractivity contribution in [3.63, 3.8) is 0 Å². The van der Waals surface area contributed by atoms with Crippen molar-refractivity contribution >= 4 is 40.7 Å². The number of amides is 2. The molecule has 1 fully saturated rings. The highest BCUT2D eigenvalue weighted by atomic mass is 35.5. The Morgan fingerprint density at radius 3 is 2.38 bits per heavy atom. The third-order valence-corrected chi connectivity index (χ3v) is 5.84. The molecule has 0 saturated heterocycles. The van der Waals surface area contributed by atoms with E-state index in [4.69, 9.17) is 23.2 Å². The zero-order valence-electron chi connectivity index (χ0n) is 15.6. The van der Waals surface area contributed by atoms with Gasteiger partial charge in [-0.1, -0.05) is 56.0 Å². The molecule has 1 aromatic carbocycles. The first-order valence-electron chi connectivity index (χ1n) is 9.12. The first-order valence-corrected chi connectivity index (χ1v) is 9.88. The van der Waals surface area contributed by atoms with Crippen LogP contribution in [-0.4, -0.2) is 38.0 Å². The van der Waals surface area contributed by atoms with Gasteiger partial charge in [-0.05, 0) is 30.4 Å². The van der Waals surface area contributed by atoms with E-state index >= 15 is 0 Å². The Hall–Kier alpha value is -1.30. The molecule has 4 atom stereocenters. The lowest BCUT2D eigenvalue weighted by atomic mass is 9.78. The number of rotatable bonds is 6. The van der Waals surface area contributed by atoms with E-state index in [9.17, 15) is 9.59 Å². The van der Waals surface area contributed by atoms with Crippen molar-refractivity contribution in [2.24, 2.45) is 11.8 Å². The molecule has 2 amide bonds. The molecule has 0 aliphatic heterocycles. The summed E-state index contributed by atoms with van der Waals surface area (Å²) in [6, 6.07) is 5.28. The lowest BCUT2D eigenvalue weighted by molar-refractivity contribution is -0.862. The van der Waals surface area contributed by atoms with Crippen molar-refractivity contribution in [1.29, 1.82) is 0 Å². The number of carbonyl (C=O) groups is 2. The Bertz CT molecular complexity index is 633. The first kappa shape index (κ1) is 21.0. The van der Waals surface area contributed by atoms with Crippen LogP contribution in [0.25, 0.3) is 0 Å². The molecule has 1 aliphatic rings. The summed E-state index contributed by atoms with van der Waals surface area (Å²) in [6.07, 6.45) is 3.41. The van der Waals surface area contributed by atoms with Crippen molar-refractivity contribution in [3.8, 4) is 0 Å². The van der Waals surface area contributed by atoms with Gasteiger partial charge in [-0.3, -0.25) is 9.59 Å². The van der Waals surface area contributed by atoms with Crippen LogP contribution < -0.4 is 15.5 Å². The van der Waals surface area contributed by atoms with E-state index in [2.05, 4.69) is 24.5 Å². The fourth-order valence-electron chi connectivity index (χ4n) is 3.46. The van der Waals surface area contributed by atoms with E-state index in [1.165, 1.54) is 6.42 Å². The summed E-state index contributed by atoms with van der Waals surface area (Å²) >= 11 is 12.1. The van der Waals surface area contributed by atoms with E-state index in [1.54, 1.807) is 18.2 Å². The zero-order valence-corrected chi connectivity index (χ0v) is 17.1. The number of benzene rings is 1. The van der Waals surface area contributed by atoms with Crippen LogP contribution in [0.4, 0.5) is 5.69 Å². The summed E-state index contributed by atoms with van der Waals surface area (Å²) < 4.78 is 0. The monoisotopic (exact) mass is 400 g/mol. The molecule has 26 heavy (non-hydrogen) atoms. The molecule has 2 rings (SSSR count). The van der Waals surface area contributed by atoms with Crippen LogP contribution >= 0.6 is 23.2 Å². The van der Waals surface area contributed by atoms with Gasteiger partial charge < -0.3 is 15.5 Å². The Labute approximate surface area is 165 Å². The fourth-order valence-corrected chi connectivity index (χ4v) is 3.95. The van der Waals surface area contributed by atoms with Crippen LogP contribution in [0, 0.1) is 11.8 Å². The summed E-state index contributed by atoms with van der Waals surface area (Å²) in [5.74, 6) is 0.867. The molecule has 5 nitrogen and oxygen atoms in total. The number of carbonyl (C=O) groups excluding carboxylic acids is 2. The van der Waals surface area contributed by atoms with Crippen molar-refractivity contribution in [2.45, 2.75) is 39.2 Å². The van der Waals surface area contributed by atoms with Crippen molar-refractivity contribution < 1.29 is 14.5 Å². The van der Waals surface area contributed by atoms with Gasteiger partial charge in [0.1, 0.15) is 0 Å². The van der Waals surface area contributed by atoms with E-state index in [0.717, 1.165) is 17.7 Å². The standard InChI is InChI=1S/C19H27Cl2N3O2/c1-12-6-4-9-16(13(12)2)22-17(25)10-24(3)11-18(26)23-19-14(20)7-5-8-15(19)21/h5,7-8,12-13,16H,4,6,9-11H2,1-3H3,(H,22,25)(H,23,26)/p+1/t12-,13-,16-/m1/s1. The van der Waals surface area contributed by atoms with Crippen LogP contribution in [0.1, 0.15) is 33.1 Å². The van der Waals surface area contributed by atoms with Gasteiger partial charge in [0, 0.05) is 6.04 Å². The summed E-state index contributed by atoms with van der Waals surface area (Å²) in [7, 11) is 1.82. The number of halogens is 2. The number of quaternary nitrogens is 1. The summed E-state index contributed by atoms with van der Waals surface area (Å²) in [4.78, 5) is 25.3. The predicted octanol–water partition coefficient (Wildman–Crippen LogP) is 2.39. The minimum Gasteiger partial charge on any atom is -0.348 e. The molecule has 7 heteroatoms. The Kier molecular flexibility index (Phi) is 7.74. The minimum absolute atomic E-state index is 0.0166. The SMILES string of the molecule is C[C@@H]1[C@H](C)CCC[C@H]1NC(=O)C[NH+](C)CC(=O)Nc1c(Cl)cccc1Cl. The van der Waals surface area contributed by atoms with E-state index in [0.29, 0.717) is 27.6 Å². The van der Waals surface area contributed by atoms with Gasteiger partial charge >= 0.3 is 0 Å². The van der Waals surface area contributed by atoms with Gasteiger partial charge in [0.2, 0.25) is 0 Å². The number of hydrogen-bond acceptors (Lipinski definition) is 2. The lowest BCUT2D eigenvalue weighted by Crippen LogP contribution is -3.11. The molecule has 0 spiro atoms. The second kappa shape index (κ2) is 9.58. The second-order valence-corrected chi connectivity index (χ2v) is 8.21. The molecule has 1 aliphatic carbocycles. The van der Waals surface area contributed by atoms with Crippen molar-refractivity contribution in [1.82, 2.24) is 5.32 Å². The number of hydrogen-bond donors (Lipinski definition) is 3. The summed E-state index contributed by atoms with van der Waals surface area (Å²) in [5.41, 5.74) is 0.406. The Morgan fingerprint density at radius 1 is 1.12 bits per heavy atom. The van der Waals surface area contributed by atoms with Gasteiger partial charge in [0.05, 0.1) is 22.8 Å². The predicted molar refractivity (Wildman–Crippen MR) is 106 cm³/mol. The fraction of sp³-hybridized carbons (Fsp3) is 0.579. The quantitative estimate of drug-likeness (QED) is 0.686. The number of para-hydroxylation sites is 1. The van der Waals surface area contributed by atoms with Crippen molar-refractivity contribution in [3.05, 3.63) is 28.2 Å². The summed E-state index contributed by atoms with van der Waals surface area (Å²) in [6.45, 7) is 4.85. The summed E-state index contributed by atoms with van der Waals surface area (Å²) in [5, 5.41) is 6.64. The number of likely N-dealkylation sites (N-methyl/N-ethyl adjacent to an activating group) is 1. The van der Waals surface area contributed by atoms with Crippen LogP contribution in [0.2, 0.25) is 10.0 Å².